The summed E-state index contributed by atoms with van der Waals surface area (Å²) < 4.78 is 1.79. The summed E-state index contributed by atoms with van der Waals surface area (Å²) >= 11 is 0. The van der Waals surface area contributed by atoms with E-state index in [4.69, 9.17) is 5.73 Å². The third-order valence-corrected chi connectivity index (χ3v) is 4.06. The minimum Gasteiger partial charge on any atom is -0.382 e. The Morgan fingerprint density at radius 3 is 2.77 bits per heavy atom. The molecule has 8 heteroatoms. The second-order valence-electron chi connectivity index (χ2n) is 5.78. The lowest BCUT2D eigenvalue weighted by Gasteiger charge is -2.17. The number of aryl methyl sites for hydroxylation is 1. The van der Waals surface area contributed by atoms with E-state index in [-0.39, 0.29) is 11.9 Å². The molecule has 1 aromatic carbocycles. The molecular weight excluding hydrogens is 330 g/mol. The molecule has 0 fully saturated rings. The van der Waals surface area contributed by atoms with Crippen molar-refractivity contribution in [1.29, 1.82) is 0 Å². The van der Waals surface area contributed by atoms with Crippen LogP contribution in [0.3, 0.4) is 0 Å². The highest BCUT2D eigenvalue weighted by Gasteiger charge is 2.19. The molecule has 3 N–H and O–H groups in total. The van der Waals surface area contributed by atoms with Gasteiger partial charge in [0, 0.05) is 17.7 Å². The van der Waals surface area contributed by atoms with E-state index in [2.05, 4.69) is 25.4 Å². The summed E-state index contributed by atoms with van der Waals surface area (Å²) in [7, 11) is 0. The molecule has 0 aliphatic heterocycles. The lowest BCUT2D eigenvalue weighted by atomic mass is 10.1. The first-order valence-electron chi connectivity index (χ1n) is 8.48. The Morgan fingerprint density at radius 1 is 1.23 bits per heavy atom. The summed E-state index contributed by atoms with van der Waals surface area (Å²) in [5.74, 6) is 0.935. The zero-order chi connectivity index (χ0) is 18.5. The van der Waals surface area contributed by atoms with Gasteiger partial charge in [0.2, 0.25) is 0 Å². The molecule has 0 aliphatic rings. The largest absolute Gasteiger partial charge is 0.382 e. The van der Waals surface area contributed by atoms with E-state index in [0.29, 0.717) is 30.0 Å². The zero-order valence-corrected chi connectivity index (χ0v) is 14.8. The van der Waals surface area contributed by atoms with Gasteiger partial charge in [0.25, 0.3) is 5.91 Å². The molecule has 1 atom stereocenters. The molecule has 3 rings (SSSR count). The number of aromatic nitrogens is 5. The van der Waals surface area contributed by atoms with E-state index in [1.807, 2.05) is 26.0 Å². The van der Waals surface area contributed by atoms with Crippen LogP contribution in [0.1, 0.15) is 42.5 Å². The Bertz CT molecular complexity index is 889. The van der Waals surface area contributed by atoms with E-state index in [9.17, 15) is 4.79 Å². The second-order valence-corrected chi connectivity index (χ2v) is 5.78. The monoisotopic (exact) mass is 351 g/mol. The molecule has 134 valence electrons. The van der Waals surface area contributed by atoms with Crippen LogP contribution in [0.15, 0.2) is 43.0 Å². The van der Waals surface area contributed by atoms with Gasteiger partial charge in [-0.3, -0.25) is 9.78 Å². The van der Waals surface area contributed by atoms with Crippen molar-refractivity contribution in [2.24, 2.45) is 0 Å². The summed E-state index contributed by atoms with van der Waals surface area (Å²) in [5.41, 5.74) is 7.58. The van der Waals surface area contributed by atoms with Crippen molar-refractivity contribution in [3.8, 4) is 11.3 Å². The number of nitrogens with zero attached hydrogens (tertiary/aromatic N) is 5. The fraction of sp³-hybridized carbons (Fsp3) is 0.278. The van der Waals surface area contributed by atoms with Crippen LogP contribution < -0.4 is 11.1 Å². The standard InChI is InChI=1S/C18H21N7O/c1-3-14(17-22-11-23-25(17)4-2)24-18(26)13-7-5-6-12(8-13)15-9-21-16(19)10-20-15/h5-11,14H,3-4H2,1-2H3,(H2,19,21)(H,24,26)/t14-/m0/s1. The number of hydrogen-bond donors (Lipinski definition) is 2. The number of nitrogen functional groups attached to an aromatic ring is 1. The van der Waals surface area contributed by atoms with E-state index in [0.717, 1.165) is 11.4 Å². The van der Waals surface area contributed by atoms with Crippen molar-refractivity contribution in [1.82, 2.24) is 30.0 Å². The first kappa shape index (κ1) is 17.5. The summed E-state index contributed by atoms with van der Waals surface area (Å²) in [6, 6.07) is 7.04. The molecular formula is C18H21N7O. The Morgan fingerprint density at radius 2 is 2.08 bits per heavy atom. The average molecular weight is 351 g/mol. The number of hydrogen-bond acceptors (Lipinski definition) is 6. The topological polar surface area (TPSA) is 112 Å². The molecule has 8 nitrogen and oxygen atoms in total. The van der Waals surface area contributed by atoms with Crippen molar-refractivity contribution in [2.45, 2.75) is 32.9 Å². The number of carbonyl (C=O) groups excluding carboxylic acids is 1. The van der Waals surface area contributed by atoms with Gasteiger partial charge in [-0.15, -0.1) is 0 Å². The maximum atomic E-state index is 12.7. The number of benzene rings is 1. The smallest absolute Gasteiger partial charge is 0.251 e. The molecule has 0 aliphatic carbocycles. The van der Waals surface area contributed by atoms with E-state index in [1.165, 1.54) is 12.5 Å². The van der Waals surface area contributed by atoms with Crippen molar-refractivity contribution < 1.29 is 4.79 Å². The van der Waals surface area contributed by atoms with Crippen LogP contribution in [-0.2, 0) is 6.54 Å². The molecule has 0 bridgehead atoms. The fourth-order valence-electron chi connectivity index (χ4n) is 2.68. The van der Waals surface area contributed by atoms with Crippen LogP contribution in [0, 0.1) is 0 Å². The number of nitrogens with two attached hydrogens (primary N) is 1. The van der Waals surface area contributed by atoms with Crippen LogP contribution in [0.5, 0.6) is 0 Å². The highest BCUT2D eigenvalue weighted by atomic mass is 16.1. The molecule has 0 saturated carbocycles. The third-order valence-electron chi connectivity index (χ3n) is 4.06. The first-order chi connectivity index (χ1) is 12.6. The molecule has 2 heterocycles. The second kappa shape index (κ2) is 7.73. The van der Waals surface area contributed by atoms with Gasteiger partial charge >= 0.3 is 0 Å². The van der Waals surface area contributed by atoms with Crippen LogP contribution in [0.4, 0.5) is 5.82 Å². The van der Waals surface area contributed by atoms with Gasteiger partial charge in [0.1, 0.15) is 18.0 Å². The molecule has 3 aromatic rings. The molecule has 0 unspecified atom stereocenters. The number of nitrogens with one attached hydrogen (secondary N) is 1. The van der Waals surface area contributed by atoms with Gasteiger partial charge in [-0.1, -0.05) is 19.1 Å². The van der Waals surface area contributed by atoms with Gasteiger partial charge in [-0.05, 0) is 25.5 Å². The molecule has 0 radical (unpaired) electrons. The molecule has 2 aromatic heterocycles. The normalized spacial score (nSPS) is 11.9. The van der Waals surface area contributed by atoms with Crippen LogP contribution in [0.2, 0.25) is 0 Å². The summed E-state index contributed by atoms with van der Waals surface area (Å²) in [4.78, 5) is 25.3. The number of rotatable bonds is 6. The van der Waals surface area contributed by atoms with Gasteiger partial charge in [0.05, 0.1) is 24.1 Å². The maximum Gasteiger partial charge on any atom is 0.251 e. The minimum absolute atomic E-state index is 0.173. The van der Waals surface area contributed by atoms with E-state index in [1.54, 1.807) is 23.0 Å². The van der Waals surface area contributed by atoms with Crippen molar-refractivity contribution in [2.75, 3.05) is 5.73 Å². The average Bonchev–Trinajstić information content (AvgIpc) is 3.15. The van der Waals surface area contributed by atoms with Crippen molar-refractivity contribution in [3.05, 3.63) is 54.4 Å². The maximum absolute atomic E-state index is 12.7. The minimum atomic E-state index is -0.204. The van der Waals surface area contributed by atoms with E-state index < -0.39 is 0 Å². The predicted molar refractivity (Wildman–Crippen MR) is 98.1 cm³/mol. The highest BCUT2D eigenvalue weighted by Crippen LogP contribution is 2.19. The molecule has 0 saturated heterocycles. The molecule has 0 spiro atoms. The fourth-order valence-corrected chi connectivity index (χ4v) is 2.68. The van der Waals surface area contributed by atoms with Gasteiger partial charge < -0.3 is 11.1 Å². The van der Waals surface area contributed by atoms with Gasteiger partial charge in [-0.25, -0.2) is 14.6 Å². The van der Waals surface area contributed by atoms with Crippen molar-refractivity contribution >= 4 is 11.7 Å². The lowest BCUT2D eigenvalue weighted by molar-refractivity contribution is 0.0932. The predicted octanol–water partition coefficient (Wildman–Crippen LogP) is 2.22. The lowest BCUT2D eigenvalue weighted by Crippen LogP contribution is -2.30. The Balaban J connectivity index is 1.81. The van der Waals surface area contributed by atoms with Gasteiger partial charge in [-0.2, -0.15) is 5.10 Å². The summed E-state index contributed by atoms with van der Waals surface area (Å²) in [6.07, 6.45) is 5.30. The number of amides is 1. The Hall–Kier alpha value is -3.29. The Kier molecular flexibility index (Phi) is 5.21. The number of anilines is 1. The quantitative estimate of drug-likeness (QED) is 0.704. The summed E-state index contributed by atoms with van der Waals surface area (Å²) in [5, 5.41) is 7.20. The van der Waals surface area contributed by atoms with Crippen LogP contribution in [0.25, 0.3) is 11.3 Å². The third kappa shape index (κ3) is 3.69. The molecule has 26 heavy (non-hydrogen) atoms. The summed E-state index contributed by atoms with van der Waals surface area (Å²) in [6.45, 7) is 4.69. The Labute approximate surface area is 151 Å². The first-order valence-corrected chi connectivity index (χ1v) is 8.48. The SMILES string of the molecule is CC[C@H](NC(=O)c1cccc(-c2cnc(N)cn2)c1)c1ncnn1CC. The van der Waals surface area contributed by atoms with Gasteiger partial charge in [0.15, 0.2) is 0 Å². The molecule has 1 amide bonds. The number of carbonyl (C=O) groups is 1. The highest BCUT2D eigenvalue weighted by molar-refractivity contribution is 5.95. The van der Waals surface area contributed by atoms with E-state index >= 15 is 0 Å². The van der Waals surface area contributed by atoms with Crippen LogP contribution >= 0.6 is 0 Å². The van der Waals surface area contributed by atoms with Crippen molar-refractivity contribution in [3.63, 3.8) is 0 Å². The zero-order valence-electron chi connectivity index (χ0n) is 14.8. The van der Waals surface area contributed by atoms with Crippen LogP contribution in [-0.4, -0.2) is 30.6 Å².